The fourth-order valence-corrected chi connectivity index (χ4v) is 3.44. The van der Waals surface area contributed by atoms with Crippen LogP contribution >= 0.6 is 0 Å². The van der Waals surface area contributed by atoms with Crippen LogP contribution in [0.25, 0.3) is 0 Å². The molecule has 0 heterocycles. The first-order valence-corrected chi connectivity index (χ1v) is 9.18. The Bertz CT molecular complexity index is 653. The number of phenolic OH excluding ortho intramolecular Hbond substituents is 1. The summed E-state index contributed by atoms with van der Waals surface area (Å²) in [6, 6.07) is 16.7. The third-order valence-electron chi connectivity index (χ3n) is 5.35. The molecular weight excluding hydrogens is 292 g/mol. The Labute approximate surface area is 147 Å². The Hall–Kier alpha value is -1.76. The topological polar surface area (TPSA) is 20.2 Å². The maximum absolute atomic E-state index is 10.5. The van der Waals surface area contributed by atoms with Crippen LogP contribution in [0.3, 0.4) is 0 Å². The van der Waals surface area contributed by atoms with Crippen LogP contribution in [0.2, 0.25) is 0 Å². The molecule has 0 atom stereocenters. The predicted octanol–water partition coefficient (Wildman–Crippen LogP) is 6.58. The molecular formula is C23H32O. The summed E-state index contributed by atoms with van der Waals surface area (Å²) in [6.07, 6.45) is 4.78. The lowest BCUT2D eigenvalue weighted by molar-refractivity contribution is 0.407. The summed E-state index contributed by atoms with van der Waals surface area (Å²) in [5.74, 6) is 0.420. The lowest BCUT2D eigenvalue weighted by Crippen LogP contribution is -2.22. The number of hydrogen-bond acceptors (Lipinski definition) is 1. The van der Waals surface area contributed by atoms with Gasteiger partial charge in [0.2, 0.25) is 0 Å². The highest BCUT2D eigenvalue weighted by Crippen LogP contribution is 2.39. The van der Waals surface area contributed by atoms with Gasteiger partial charge in [0, 0.05) is 5.41 Å². The van der Waals surface area contributed by atoms with E-state index in [0.29, 0.717) is 5.75 Å². The Morgan fingerprint density at radius 1 is 0.833 bits per heavy atom. The molecule has 0 radical (unpaired) electrons. The summed E-state index contributed by atoms with van der Waals surface area (Å²) in [7, 11) is 0. The van der Waals surface area contributed by atoms with Gasteiger partial charge < -0.3 is 5.11 Å². The first-order chi connectivity index (χ1) is 11.3. The van der Waals surface area contributed by atoms with Gasteiger partial charge in [-0.3, -0.25) is 0 Å². The second-order valence-electron chi connectivity index (χ2n) is 8.06. The van der Waals surface area contributed by atoms with Crippen molar-refractivity contribution in [3.8, 4) is 5.75 Å². The first-order valence-electron chi connectivity index (χ1n) is 9.18. The van der Waals surface area contributed by atoms with E-state index >= 15 is 0 Å². The number of phenols is 1. The molecule has 1 nitrogen and oxygen atoms in total. The molecule has 0 aliphatic heterocycles. The average molecular weight is 325 g/mol. The van der Waals surface area contributed by atoms with Crippen molar-refractivity contribution in [3.05, 3.63) is 65.2 Å². The van der Waals surface area contributed by atoms with E-state index in [4.69, 9.17) is 0 Å². The molecule has 0 amide bonds. The zero-order valence-corrected chi connectivity index (χ0v) is 15.9. The minimum atomic E-state index is -0.0802. The van der Waals surface area contributed by atoms with Gasteiger partial charge in [-0.15, -0.1) is 0 Å². The normalized spacial score (nSPS) is 12.4. The van der Waals surface area contributed by atoms with Gasteiger partial charge in [0.15, 0.2) is 0 Å². The van der Waals surface area contributed by atoms with Crippen LogP contribution < -0.4 is 0 Å². The van der Waals surface area contributed by atoms with Crippen LogP contribution in [0.1, 0.15) is 77.0 Å². The van der Waals surface area contributed by atoms with Gasteiger partial charge in [0.1, 0.15) is 5.75 Å². The summed E-state index contributed by atoms with van der Waals surface area (Å²) < 4.78 is 0. The third kappa shape index (κ3) is 4.01. The van der Waals surface area contributed by atoms with E-state index in [9.17, 15) is 5.11 Å². The predicted molar refractivity (Wildman–Crippen MR) is 104 cm³/mol. The van der Waals surface area contributed by atoms with Crippen molar-refractivity contribution in [2.45, 2.75) is 71.1 Å². The Kier molecular flexibility index (Phi) is 5.74. The van der Waals surface area contributed by atoms with Crippen LogP contribution in [0, 0.1) is 0 Å². The van der Waals surface area contributed by atoms with Crippen molar-refractivity contribution >= 4 is 0 Å². The van der Waals surface area contributed by atoms with Gasteiger partial charge in [-0.05, 0) is 34.6 Å². The number of unbranched alkanes of at least 4 members (excludes halogenated alkanes) is 2. The minimum Gasteiger partial charge on any atom is -0.508 e. The van der Waals surface area contributed by atoms with Crippen LogP contribution in [0.4, 0.5) is 0 Å². The standard InChI is InChI=1S/C23H32O/c1-6-7-11-16-22(2,3)20-17-19(14-15-21(20)24)23(4,5)18-12-9-8-10-13-18/h8-10,12-15,17,24H,6-7,11,16H2,1-5H3. The quantitative estimate of drug-likeness (QED) is 0.571. The maximum atomic E-state index is 10.5. The summed E-state index contributed by atoms with van der Waals surface area (Å²) >= 11 is 0. The molecule has 0 aliphatic rings. The van der Waals surface area contributed by atoms with Crippen molar-refractivity contribution in [1.82, 2.24) is 0 Å². The van der Waals surface area contributed by atoms with Gasteiger partial charge in [0.25, 0.3) is 0 Å². The molecule has 24 heavy (non-hydrogen) atoms. The van der Waals surface area contributed by atoms with Crippen LogP contribution in [-0.4, -0.2) is 5.11 Å². The minimum absolute atomic E-state index is 0.0119. The maximum Gasteiger partial charge on any atom is 0.119 e. The fourth-order valence-electron chi connectivity index (χ4n) is 3.44. The van der Waals surface area contributed by atoms with Crippen molar-refractivity contribution in [3.63, 3.8) is 0 Å². The average Bonchev–Trinajstić information content (AvgIpc) is 2.56. The summed E-state index contributed by atoms with van der Waals surface area (Å²) in [5, 5.41) is 10.5. The van der Waals surface area contributed by atoms with E-state index in [-0.39, 0.29) is 10.8 Å². The highest BCUT2D eigenvalue weighted by atomic mass is 16.3. The SMILES string of the molecule is CCCCCC(C)(C)c1cc(C(C)(C)c2ccccc2)ccc1O. The smallest absolute Gasteiger partial charge is 0.119 e. The van der Waals surface area contributed by atoms with E-state index in [2.05, 4.69) is 77.1 Å². The van der Waals surface area contributed by atoms with Gasteiger partial charge in [0.05, 0.1) is 0 Å². The van der Waals surface area contributed by atoms with Gasteiger partial charge in [-0.1, -0.05) is 96.3 Å². The Morgan fingerprint density at radius 3 is 2.12 bits per heavy atom. The highest BCUT2D eigenvalue weighted by Gasteiger charge is 2.28. The largest absolute Gasteiger partial charge is 0.508 e. The first kappa shape index (κ1) is 18.6. The third-order valence-corrected chi connectivity index (χ3v) is 5.35. The lowest BCUT2D eigenvalue weighted by Gasteiger charge is -2.31. The van der Waals surface area contributed by atoms with Crippen molar-refractivity contribution in [1.29, 1.82) is 0 Å². The summed E-state index contributed by atoms with van der Waals surface area (Å²) in [5.41, 5.74) is 3.53. The number of benzene rings is 2. The van der Waals surface area contributed by atoms with E-state index in [1.807, 2.05) is 6.07 Å². The molecule has 1 heteroatoms. The van der Waals surface area contributed by atoms with Crippen molar-refractivity contribution in [2.75, 3.05) is 0 Å². The molecule has 0 fully saturated rings. The van der Waals surface area contributed by atoms with Gasteiger partial charge in [-0.25, -0.2) is 0 Å². The Morgan fingerprint density at radius 2 is 1.50 bits per heavy atom. The molecule has 2 rings (SSSR count). The monoisotopic (exact) mass is 324 g/mol. The molecule has 130 valence electrons. The molecule has 0 unspecified atom stereocenters. The zero-order chi connectivity index (χ0) is 17.8. The van der Waals surface area contributed by atoms with Crippen LogP contribution in [0.15, 0.2) is 48.5 Å². The molecule has 0 saturated heterocycles. The number of hydrogen-bond donors (Lipinski definition) is 1. The molecule has 2 aromatic rings. The van der Waals surface area contributed by atoms with E-state index < -0.39 is 0 Å². The summed E-state index contributed by atoms with van der Waals surface area (Å²) in [6.45, 7) is 11.2. The molecule has 0 spiro atoms. The molecule has 0 aliphatic carbocycles. The summed E-state index contributed by atoms with van der Waals surface area (Å²) in [4.78, 5) is 0. The van der Waals surface area contributed by atoms with Crippen molar-refractivity contribution in [2.24, 2.45) is 0 Å². The molecule has 1 N–H and O–H groups in total. The van der Waals surface area contributed by atoms with E-state index in [1.54, 1.807) is 0 Å². The highest BCUT2D eigenvalue weighted by molar-refractivity contribution is 5.46. The molecule has 0 saturated carbocycles. The molecule has 0 bridgehead atoms. The lowest BCUT2D eigenvalue weighted by atomic mass is 9.74. The molecule has 0 aromatic heterocycles. The second-order valence-corrected chi connectivity index (χ2v) is 8.06. The zero-order valence-electron chi connectivity index (χ0n) is 15.9. The number of rotatable bonds is 7. The molecule has 2 aromatic carbocycles. The second kappa shape index (κ2) is 7.42. The van der Waals surface area contributed by atoms with Crippen molar-refractivity contribution < 1.29 is 5.11 Å². The Balaban J connectivity index is 2.38. The fraction of sp³-hybridized carbons (Fsp3) is 0.478. The van der Waals surface area contributed by atoms with E-state index in [1.165, 1.54) is 30.4 Å². The van der Waals surface area contributed by atoms with Gasteiger partial charge in [-0.2, -0.15) is 0 Å². The van der Waals surface area contributed by atoms with E-state index in [0.717, 1.165) is 12.0 Å². The van der Waals surface area contributed by atoms with Gasteiger partial charge >= 0.3 is 0 Å². The van der Waals surface area contributed by atoms with Crippen LogP contribution in [-0.2, 0) is 10.8 Å². The number of aromatic hydroxyl groups is 1. The van der Waals surface area contributed by atoms with Crippen LogP contribution in [0.5, 0.6) is 5.75 Å².